The second kappa shape index (κ2) is 6.06. The minimum Gasteiger partial charge on any atom is -0.366 e. The fourth-order valence-corrected chi connectivity index (χ4v) is 2.56. The summed E-state index contributed by atoms with van der Waals surface area (Å²) in [4.78, 5) is 11.3. The number of piperidine rings is 1. The first-order valence-electron chi connectivity index (χ1n) is 6.96. The van der Waals surface area contributed by atoms with Gasteiger partial charge >= 0.3 is 0 Å². The van der Waals surface area contributed by atoms with Crippen molar-refractivity contribution < 1.29 is 0 Å². The quantitative estimate of drug-likeness (QED) is 0.865. The molecule has 2 heterocycles. The van der Waals surface area contributed by atoms with Gasteiger partial charge in [0, 0.05) is 24.1 Å². The van der Waals surface area contributed by atoms with E-state index in [4.69, 9.17) is 11.6 Å². The largest absolute Gasteiger partial charge is 0.366 e. The standard InChI is InChI=1S/C14H23ClN4/c1-9(2)13-17-12(15)10(3)14(18-13)16-11-6-5-7-19(4)8-11/h9,11H,5-8H2,1-4H3,(H,16,17,18). The molecule has 0 aliphatic carbocycles. The van der Waals surface area contributed by atoms with Crippen LogP contribution in [0.25, 0.3) is 0 Å². The lowest BCUT2D eigenvalue weighted by atomic mass is 10.1. The third-order valence-electron chi connectivity index (χ3n) is 3.59. The van der Waals surface area contributed by atoms with Crippen molar-refractivity contribution in [2.45, 2.75) is 45.6 Å². The second-order valence-corrected chi connectivity index (χ2v) is 6.10. The number of likely N-dealkylation sites (tertiary alicyclic amines) is 1. The third kappa shape index (κ3) is 3.57. The molecule has 1 aliphatic heterocycles. The number of halogens is 1. The number of likely N-dealkylation sites (N-methyl/N-ethyl adjacent to an activating group) is 1. The van der Waals surface area contributed by atoms with Gasteiger partial charge < -0.3 is 10.2 Å². The van der Waals surface area contributed by atoms with Crippen LogP contribution in [0.4, 0.5) is 5.82 Å². The van der Waals surface area contributed by atoms with Crippen molar-refractivity contribution in [2.24, 2.45) is 0 Å². The Morgan fingerprint density at radius 3 is 2.74 bits per heavy atom. The second-order valence-electron chi connectivity index (χ2n) is 5.75. The summed E-state index contributed by atoms with van der Waals surface area (Å²) in [5.74, 6) is 1.99. The Morgan fingerprint density at radius 1 is 1.37 bits per heavy atom. The SMILES string of the molecule is Cc1c(Cl)nc(C(C)C)nc1NC1CCCN(C)C1. The highest BCUT2D eigenvalue weighted by Gasteiger charge is 2.19. The van der Waals surface area contributed by atoms with Gasteiger partial charge in [0.2, 0.25) is 0 Å². The molecular weight excluding hydrogens is 260 g/mol. The molecule has 0 radical (unpaired) electrons. The number of rotatable bonds is 3. The summed E-state index contributed by atoms with van der Waals surface area (Å²) in [5.41, 5.74) is 0.944. The van der Waals surface area contributed by atoms with Crippen LogP contribution in [0.3, 0.4) is 0 Å². The average Bonchev–Trinajstić information content (AvgIpc) is 2.34. The van der Waals surface area contributed by atoms with E-state index in [0.717, 1.165) is 23.8 Å². The van der Waals surface area contributed by atoms with E-state index in [1.165, 1.54) is 19.4 Å². The van der Waals surface area contributed by atoms with Crippen LogP contribution in [-0.4, -0.2) is 41.0 Å². The van der Waals surface area contributed by atoms with Crippen LogP contribution in [0.1, 0.15) is 44.0 Å². The fraction of sp³-hybridized carbons (Fsp3) is 0.714. The number of hydrogen-bond donors (Lipinski definition) is 1. The van der Waals surface area contributed by atoms with E-state index in [1.54, 1.807) is 0 Å². The summed E-state index contributed by atoms with van der Waals surface area (Å²) >= 11 is 6.21. The zero-order chi connectivity index (χ0) is 14.0. The van der Waals surface area contributed by atoms with Crippen LogP contribution < -0.4 is 5.32 Å². The molecule has 1 aromatic heterocycles. The molecule has 19 heavy (non-hydrogen) atoms. The number of nitrogens with one attached hydrogen (secondary N) is 1. The molecule has 5 heteroatoms. The van der Waals surface area contributed by atoms with Gasteiger partial charge in [0.25, 0.3) is 0 Å². The summed E-state index contributed by atoms with van der Waals surface area (Å²) in [6.07, 6.45) is 2.41. The van der Waals surface area contributed by atoms with Gasteiger partial charge in [0.15, 0.2) is 0 Å². The number of hydrogen-bond acceptors (Lipinski definition) is 4. The molecule has 1 saturated heterocycles. The summed E-state index contributed by atoms with van der Waals surface area (Å²) in [6.45, 7) is 8.37. The van der Waals surface area contributed by atoms with Gasteiger partial charge in [0.05, 0.1) is 0 Å². The molecule has 1 fully saturated rings. The van der Waals surface area contributed by atoms with E-state index in [2.05, 4.69) is 41.1 Å². The van der Waals surface area contributed by atoms with E-state index in [1.807, 2.05) is 6.92 Å². The molecule has 1 unspecified atom stereocenters. The van der Waals surface area contributed by atoms with Gasteiger partial charge in [-0.05, 0) is 33.4 Å². The van der Waals surface area contributed by atoms with E-state index in [9.17, 15) is 0 Å². The van der Waals surface area contributed by atoms with Crippen LogP contribution in [0, 0.1) is 6.92 Å². The molecule has 1 aliphatic rings. The normalized spacial score (nSPS) is 20.8. The summed E-state index contributed by atoms with van der Waals surface area (Å²) < 4.78 is 0. The Bertz CT molecular complexity index is 447. The molecule has 1 atom stereocenters. The molecule has 0 amide bonds. The predicted molar refractivity (Wildman–Crippen MR) is 80.0 cm³/mol. The maximum Gasteiger partial charge on any atom is 0.137 e. The summed E-state index contributed by atoms with van der Waals surface area (Å²) in [5, 5.41) is 4.10. The Kier molecular flexibility index (Phi) is 4.63. The van der Waals surface area contributed by atoms with Gasteiger partial charge in [-0.3, -0.25) is 0 Å². The van der Waals surface area contributed by atoms with E-state index in [0.29, 0.717) is 11.2 Å². The summed E-state index contributed by atoms with van der Waals surface area (Å²) in [6, 6.07) is 0.448. The topological polar surface area (TPSA) is 41.1 Å². The Hall–Kier alpha value is -0.870. The van der Waals surface area contributed by atoms with Crippen molar-refractivity contribution in [1.82, 2.24) is 14.9 Å². The monoisotopic (exact) mass is 282 g/mol. The number of anilines is 1. The first-order chi connectivity index (χ1) is 8.97. The Morgan fingerprint density at radius 2 is 2.11 bits per heavy atom. The first kappa shape index (κ1) is 14.5. The van der Waals surface area contributed by atoms with Crippen LogP contribution in [0.2, 0.25) is 5.15 Å². The van der Waals surface area contributed by atoms with Crippen LogP contribution >= 0.6 is 11.6 Å². The van der Waals surface area contributed by atoms with Crippen molar-refractivity contribution in [2.75, 3.05) is 25.5 Å². The lowest BCUT2D eigenvalue weighted by Crippen LogP contribution is -2.40. The molecule has 0 aromatic carbocycles. The molecule has 2 rings (SSSR count). The smallest absolute Gasteiger partial charge is 0.137 e. The lowest BCUT2D eigenvalue weighted by molar-refractivity contribution is 0.260. The van der Waals surface area contributed by atoms with Crippen molar-refractivity contribution in [3.63, 3.8) is 0 Å². The molecular formula is C14H23ClN4. The Balaban J connectivity index is 2.19. The van der Waals surface area contributed by atoms with Crippen molar-refractivity contribution in [3.8, 4) is 0 Å². The molecule has 4 nitrogen and oxygen atoms in total. The van der Waals surface area contributed by atoms with Gasteiger partial charge in [-0.1, -0.05) is 25.4 Å². The van der Waals surface area contributed by atoms with Crippen molar-refractivity contribution in [1.29, 1.82) is 0 Å². The van der Waals surface area contributed by atoms with E-state index < -0.39 is 0 Å². The number of aromatic nitrogens is 2. The van der Waals surface area contributed by atoms with Crippen LogP contribution in [0.15, 0.2) is 0 Å². The Labute approximate surface area is 120 Å². The molecule has 1 N–H and O–H groups in total. The average molecular weight is 283 g/mol. The minimum absolute atomic E-state index is 0.285. The van der Waals surface area contributed by atoms with Crippen molar-refractivity contribution in [3.05, 3.63) is 16.5 Å². The van der Waals surface area contributed by atoms with E-state index >= 15 is 0 Å². The number of nitrogens with zero attached hydrogens (tertiary/aromatic N) is 3. The van der Waals surface area contributed by atoms with E-state index in [-0.39, 0.29) is 5.92 Å². The molecule has 0 spiro atoms. The lowest BCUT2D eigenvalue weighted by Gasteiger charge is -2.31. The van der Waals surface area contributed by atoms with Gasteiger partial charge in [-0.25, -0.2) is 9.97 Å². The molecule has 106 valence electrons. The van der Waals surface area contributed by atoms with Gasteiger partial charge in [0.1, 0.15) is 16.8 Å². The third-order valence-corrected chi connectivity index (χ3v) is 3.95. The predicted octanol–water partition coefficient (Wildman–Crippen LogP) is 3.07. The fourth-order valence-electron chi connectivity index (χ4n) is 2.38. The van der Waals surface area contributed by atoms with Crippen LogP contribution in [0.5, 0.6) is 0 Å². The minimum atomic E-state index is 0.285. The molecule has 0 bridgehead atoms. The highest BCUT2D eigenvalue weighted by molar-refractivity contribution is 6.30. The highest BCUT2D eigenvalue weighted by atomic mass is 35.5. The maximum absolute atomic E-state index is 6.21. The molecule has 0 saturated carbocycles. The van der Waals surface area contributed by atoms with Gasteiger partial charge in [-0.2, -0.15) is 0 Å². The summed E-state index contributed by atoms with van der Waals surface area (Å²) in [7, 11) is 2.16. The first-order valence-corrected chi connectivity index (χ1v) is 7.34. The van der Waals surface area contributed by atoms with Gasteiger partial charge in [-0.15, -0.1) is 0 Å². The zero-order valence-electron chi connectivity index (χ0n) is 12.2. The van der Waals surface area contributed by atoms with Crippen molar-refractivity contribution >= 4 is 17.4 Å². The highest BCUT2D eigenvalue weighted by Crippen LogP contribution is 2.24. The van der Waals surface area contributed by atoms with Crippen LogP contribution in [-0.2, 0) is 0 Å². The zero-order valence-corrected chi connectivity index (χ0v) is 13.0. The molecule has 1 aromatic rings. The maximum atomic E-state index is 6.21.